The number of halogens is 2. The third-order valence-electron chi connectivity index (χ3n) is 15.3. The van der Waals surface area contributed by atoms with Crippen molar-refractivity contribution in [3.8, 4) is 0 Å². The molecule has 0 unspecified atom stereocenters. The van der Waals surface area contributed by atoms with Gasteiger partial charge in [0.2, 0.25) is 43.7 Å². The van der Waals surface area contributed by atoms with Crippen molar-refractivity contribution >= 4 is 66.0 Å². The third-order valence-corrected chi connectivity index (χ3v) is 18.2. The van der Waals surface area contributed by atoms with Crippen LogP contribution in [0.25, 0.3) is 10.8 Å². The number of hydrogen-bond acceptors (Lipinski definition) is 14. The monoisotopic (exact) mass is 1190 g/mol. The lowest BCUT2D eigenvalue weighted by Gasteiger charge is -2.30. The number of unbranched alkanes of at least 4 members (excludes halogenated alkanes) is 1. The summed E-state index contributed by atoms with van der Waals surface area (Å²) in [7, 11) is -5.09. The maximum Gasteiger partial charge on any atom is 0.245 e. The van der Waals surface area contributed by atoms with E-state index in [1.54, 1.807) is 62.3 Å². The molecular formula is C60H68F2N10O10S2. The Hall–Kier alpha value is -7.74. The topological polar surface area (TPSA) is 275 Å². The molecule has 0 aliphatic carbocycles. The minimum atomic E-state index is -4.21. The number of carbonyl (C=O) groups is 6. The molecule has 0 bridgehead atoms. The zero-order valence-electron chi connectivity index (χ0n) is 46.9. The van der Waals surface area contributed by atoms with Crippen molar-refractivity contribution in [3.63, 3.8) is 0 Å². The highest BCUT2D eigenvalue weighted by molar-refractivity contribution is 7.89. The highest BCUT2D eigenvalue weighted by atomic mass is 32.2. The zero-order valence-corrected chi connectivity index (χ0v) is 48.6. The first kappa shape index (κ1) is 62.3. The number of hydrogen-bond donors (Lipinski definition) is 6. The van der Waals surface area contributed by atoms with Gasteiger partial charge in [-0.1, -0.05) is 12.1 Å². The van der Waals surface area contributed by atoms with E-state index in [9.17, 15) is 54.4 Å². The number of amides is 4. The van der Waals surface area contributed by atoms with Gasteiger partial charge in [0, 0.05) is 73.2 Å². The summed E-state index contributed by atoms with van der Waals surface area (Å²) < 4.78 is 87.1. The first-order valence-corrected chi connectivity index (χ1v) is 30.7. The molecule has 0 spiro atoms. The minimum Gasteiger partial charge on any atom is -0.343 e. The van der Waals surface area contributed by atoms with Crippen molar-refractivity contribution in [1.82, 2.24) is 50.5 Å². The molecule has 24 heteroatoms. The van der Waals surface area contributed by atoms with Crippen molar-refractivity contribution < 1.29 is 54.4 Å². The molecular weight excluding hydrogens is 1120 g/mol. The quantitative estimate of drug-likeness (QED) is 0.0293. The summed E-state index contributed by atoms with van der Waals surface area (Å²) in [4.78, 5) is 93.2. The average Bonchev–Trinajstić information content (AvgIpc) is 4.23. The Morgan fingerprint density at radius 3 is 1.38 bits per heavy atom. The standard InChI is InChI=1S/C60H68F2N10O10S2/c1-37(63-3)57(75)69-51(59(77)71-27-7-10-53(71)43-29-45(35-65-33-43)55(73)39-12-18-47(61)19-13-39)9-5-6-25-67-83(79,80)49-22-16-42-32-50(23-17-41(42)31-49)84(81,82)68-26-24-52(70-58(76)38(2)64-4)60(78)72-28-8-11-54(72)44-30-46(36-66-34-44)56(74)40-14-20-48(62)21-15-40/h12-23,29-38,51-54,63-64,67-68H,5-11,24-28H2,1-4H3,(H,69,75)(H,70,76)/t37-,38-,51-,52-,53-,54-/m0/s1. The van der Waals surface area contributed by atoms with E-state index >= 15 is 0 Å². The summed E-state index contributed by atoms with van der Waals surface area (Å²) in [5, 5.41) is 12.2. The summed E-state index contributed by atoms with van der Waals surface area (Å²) in [6.07, 6.45) is 9.06. The van der Waals surface area contributed by atoms with Crippen molar-refractivity contribution in [1.29, 1.82) is 0 Å². The number of nitrogens with zero attached hydrogens (tertiary/aromatic N) is 4. The van der Waals surface area contributed by atoms with Crippen LogP contribution >= 0.6 is 0 Å². The number of pyridine rings is 2. The molecule has 444 valence electrons. The van der Waals surface area contributed by atoms with Gasteiger partial charge in [0.25, 0.3) is 0 Å². The molecule has 4 heterocycles. The lowest BCUT2D eigenvalue weighted by Crippen LogP contribution is -2.53. The van der Waals surface area contributed by atoms with Gasteiger partial charge in [-0.05, 0) is 186 Å². The van der Waals surface area contributed by atoms with Crippen LogP contribution in [0.1, 0.15) is 120 Å². The second kappa shape index (κ2) is 27.8. The van der Waals surface area contributed by atoms with E-state index in [0.29, 0.717) is 73.5 Å². The molecule has 2 saturated heterocycles. The van der Waals surface area contributed by atoms with Crippen LogP contribution in [0, 0.1) is 11.6 Å². The second-order valence-corrected chi connectivity index (χ2v) is 24.5. The highest BCUT2D eigenvalue weighted by Gasteiger charge is 2.38. The van der Waals surface area contributed by atoms with Gasteiger partial charge in [-0.3, -0.25) is 38.7 Å². The van der Waals surface area contributed by atoms with Gasteiger partial charge in [-0.25, -0.2) is 35.1 Å². The van der Waals surface area contributed by atoms with Crippen molar-refractivity contribution in [2.75, 3.05) is 40.3 Å². The molecule has 8 rings (SSSR count). The van der Waals surface area contributed by atoms with Gasteiger partial charge in [-0.2, -0.15) is 0 Å². The van der Waals surface area contributed by atoms with E-state index in [1.165, 1.54) is 97.3 Å². The normalized spacial score (nSPS) is 16.9. The maximum absolute atomic E-state index is 14.4. The summed E-state index contributed by atoms with van der Waals surface area (Å²) >= 11 is 0. The first-order chi connectivity index (χ1) is 40.2. The van der Waals surface area contributed by atoms with Crippen LogP contribution in [0.5, 0.6) is 0 Å². The van der Waals surface area contributed by atoms with Gasteiger partial charge in [0.05, 0.1) is 34.0 Å². The van der Waals surface area contributed by atoms with E-state index in [1.807, 2.05) is 0 Å². The number of aromatic nitrogens is 2. The number of benzene rings is 4. The van der Waals surface area contributed by atoms with Gasteiger partial charge in [0.15, 0.2) is 11.6 Å². The molecule has 6 aromatic rings. The number of fused-ring (bicyclic) bond motifs is 1. The summed E-state index contributed by atoms with van der Waals surface area (Å²) in [5.74, 6) is -3.36. The van der Waals surface area contributed by atoms with Gasteiger partial charge < -0.3 is 31.1 Å². The average molecular weight is 1190 g/mol. The smallest absolute Gasteiger partial charge is 0.245 e. The minimum absolute atomic E-state index is 0.00526. The summed E-state index contributed by atoms with van der Waals surface area (Å²) in [6.45, 7) is 3.73. The molecule has 2 aliphatic heterocycles. The molecule has 2 aromatic heterocycles. The Kier molecular flexibility index (Phi) is 20.6. The molecule has 2 fully saturated rings. The largest absolute Gasteiger partial charge is 0.343 e. The summed E-state index contributed by atoms with van der Waals surface area (Å²) in [6, 6.07) is 17.7. The second-order valence-electron chi connectivity index (χ2n) is 21.0. The van der Waals surface area contributed by atoms with Crippen LogP contribution in [0.2, 0.25) is 0 Å². The van der Waals surface area contributed by atoms with Gasteiger partial charge in [0.1, 0.15) is 23.7 Å². The fourth-order valence-corrected chi connectivity index (χ4v) is 12.5. The fourth-order valence-electron chi connectivity index (χ4n) is 10.3. The van der Waals surface area contributed by atoms with Crippen LogP contribution in [-0.4, -0.2) is 136 Å². The highest BCUT2D eigenvalue weighted by Crippen LogP contribution is 2.35. The number of sulfonamides is 2. The van der Waals surface area contributed by atoms with Gasteiger partial charge in [-0.15, -0.1) is 0 Å². The SMILES string of the molecule is CN[C@@H](C)C(=O)N[C@@H](CCCCNS(=O)(=O)c1ccc2cc(S(=O)(=O)NCC[C@H](NC(=O)[C@H](C)NC)C(=O)N3CCC[C@H]3c3cncc(C(=O)c4ccc(F)cc4)c3)ccc2c1)C(=O)N1CCC[C@H]1c1cncc(C(=O)c2ccc(F)cc2)c1. The zero-order chi connectivity index (χ0) is 60.3. The lowest BCUT2D eigenvalue weighted by atomic mass is 9.99. The first-order valence-electron chi connectivity index (χ1n) is 27.8. The van der Waals surface area contributed by atoms with Crippen LogP contribution in [-0.2, 0) is 39.2 Å². The third kappa shape index (κ3) is 15.1. The van der Waals surface area contributed by atoms with E-state index < -0.39 is 85.7 Å². The molecule has 6 N–H and O–H groups in total. The summed E-state index contributed by atoms with van der Waals surface area (Å²) in [5.41, 5.74) is 2.30. The predicted octanol–water partition coefficient (Wildman–Crippen LogP) is 5.40. The van der Waals surface area contributed by atoms with E-state index in [0.717, 1.165) is 0 Å². The van der Waals surface area contributed by atoms with Crippen LogP contribution in [0.15, 0.2) is 132 Å². The van der Waals surface area contributed by atoms with Crippen LogP contribution < -0.4 is 30.7 Å². The van der Waals surface area contributed by atoms with Crippen molar-refractivity contribution in [2.45, 2.75) is 111 Å². The maximum atomic E-state index is 14.4. The van der Waals surface area contributed by atoms with E-state index in [2.05, 4.69) is 40.7 Å². The van der Waals surface area contributed by atoms with Gasteiger partial charge >= 0.3 is 0 Å². The number of likely N-dealkylation sites (N-methyl/N-ethyl adjacent to an activating group) is 2. The molecule has 20 nitrogen and oxygen atoms in total. The Morgan fingerprint density at radius 2 is 0.952 bits per heavy atom. The number of ketones is 2. The van der Waals surface area contributed by atoms with E-state index in [-0.39, 0.29) is 75.4 Å². The molecule has 6 atom stereocenters. The lowest BCUT2D eigenvalue weighted by molar-refractivity contribution is -0.138. The molecule has 4 amide bonds. The number of likely N-dealkylation sites (tertiary alicyclic amines) is 2. The van der Waals surface area contributed by atoms with Crippen LogP contribution in [0.4, 0.5) is 8.78 Å². The Morgan fingerprint density at radius 1 is 0.536 bits per heavy atom. The Balaban J connectivity index is 0.871. The Bertz CT molecular complexity index is 3630. The predicted molar refractivity (Wildman–Crippen MR) is 309 cm³/mol. The number of nitrogens with one attached hydrogen (secondary N) is 6. The van der Waals surface area contributed by atoms with Crippen molar-refractivity contribution in [3.05, 3.63) is 167 Å². The number of rotatable bonds is 26. The van der Waals surface area contributed by atoms with Crippen molar-refractivity contribution in [2.24, 2.45) is 0 Å². The van der Waals surface area contributed by atoms with Crippen LogP contribution in [0.3, 0.4) is 0 Å². The molecule has 84 heavy (non-hydrogen) atoms. The number of carbonyl (C=O) groups excluding carboxylic acids is 6. The molecule has 0 saturated carbocycles. The fraction of sp³-hybridized carbons (Fsp3) is 0.367. The molecule has 0 radical (unpaired) electrons. The van der Waals surface area contributed by atoms with E-state index in [4.69, 9.17) is 0 Å². The molecule has 4 aromatic carbocycles. The molecule has 2 aliphatic rings. The Labute approximate surface area is 487 Å².